The van der Waals surface area contributed by atoms with Crippen molar-refractivity contribution < 1.29 is 33.8 Å². The number of hydrogen-bond donors (Lipinski definition) is 4. The molecule has 68 heavy (non-hydrogen) atoms. The second-order valence-electron chi connectivity index (χ2n) is 21.4. The third-order valence-corrected chi connectivity index (χ3v) is 14.9. The smallest absolute Gasteiger partial charge is 0.324 e. The second kappa shape index (κ2) is 18.6. The van der Waals surface area contributed by atoms with Gasteiger partial charge in [0.15, 0.2) is 0 Å². The maximum Gasteiger partial charge on any atom is 0.324 e. The number of aromatic nitrogens is 2. The van der Waals surface area contributed by atoms with Crippen molar-refractivity contribution in [2.75, 3.05) is 39.3 Å². The zero-order chi connectivity index (χ0) is 48.2. The lowest BCUT2D eigenvalue weighted by molar-refractivity contribution is -0.155. The monoisotopic (exact) mass is 929 g/mol. The fourth-order valence-electron chi connectivity index (χ4n) is 11.4. The number of aromatic hydroxyl groups is 1. The van der Waals surface area contributed by atoms with Gasteiger partial charge >= 0.3 is 5.97 Å². The maximum atomic E-state index is 14.8. The molecule has 0 aliphatic carbocycles. The highest BCUT2D eigenvalue weighted by Gasteiger charge is 2.53. The number of hydrogen-bond acceptors (Lipinski definition) is 10. The third-order valence-electron chi connectivity index (χ3n) is 14.9. The lowest BCUT2D eigenvalue weighted by Crippen LogP contribution is -2.62. The van der Waals surface area contributed by atoms with Crippen LogP contribution in [0.4, 0.5) is 0 Å². The molecule has 6 bridgehead atoms. The summed E-state index contributed by atoms with van der Waals surface area (Å²) >= 11 is 0. The summed E-state index contributed by atoms with van der Waals surface area (Å²) < 4.78 is 8.48. The molecule has 7 heterocycles. The average molecular weight is 929 g/mol. The number of aryl methyl sites for hydroxylation is 1. The molecule has 5 aliphatic heterocycles. The van der Waals surface area contributed by atoms with E-state index in [1.54, 1.807) is 21.9 Å². The van der Waals surface area contributed by atoms with Crippen LogP contribution in [0, 0.1) is 16.7 Å². The zero-order valence-corrected chi connectivity index (χ0v) is 40.7. The van der Waals surface area contributed by atoms with Crippen molar-refractivity contribution in [1.29, 1.82) is 0 Å². The minimum Gasteiger partial charge on any atom is -0.508 e. The summed E-state index contributed by atoms with van der Waals surface area (Å²) in [6.45, 7) is 17.5. The number of carbonyl (C=O) groups is 5. The number of fused-ring (bicyclic) bond motifs is 6. The number of phenols is 1. The van der Waals surface area contributed by atoms with Crippen LogP contribution < -0.4 is 16.1 Å². The van der Waals surface area contributed by atoms with E-state index in [-0.39, 0.29) is 48.5 Å². The Morgan fingerprint density at radius 3 is 2.51 bits per heavy atom. The van der Waals surface area contributed by atoms with E-state index < -0.39 is 46.7 Å². The zero-order valence-electron chi connectivity index (χ0n) is 40.7. The molecule has 4 aromatic rings. The molecule has 4 saturated heterocycles. The van der Waals surface area contributed by atoms with Gasteiger partial charge in [0.05, 0.1) is 29.5 Å². The fourth-order valence-corrected chi connectivity index (χ4v) is 11.4. The predicted molar refractivity (Wildman–Crippen MR) is 259 cm³/mol. The number of likely N-dealkylation sites (tertiary alicyclic amines) is 2. The van der Waals surface area contributed by atoms with Gasteiger partial charge in [-0.05, 0) is 116 Å². The standard InChI is InChI=1S/C53H68N8O7/c1-8-59-43-15-14-34-26-38(43)39(46(59)37-12-9-18-54-44(37)31(2)3)27-52(6,7)30-68-50(66)40-13-10-20-61(57-40)49(65)41(24-33-22-35(34)25-36(62)23-33)56-47(63)45(32(4)5)60-21-17-53(51(60)67)16-11-19-58(29-53)48(64)42-28-55-42/h9,12,14-15,18,22-23,25-26,31-32,40-42,45,55,57,62H,8,10-11,13,16-17,19-21,24,27-30H2,1-7H3,(H,56,63)/t40-,41-,42-,45-,53+/m0/s1. The van der Waals surface area contributed by atoms with Gasteiger partial charge in [-0.15, -0.1) is 0 Å². The van der Waals surface area contributed by atoms with Crippen molar-refractivity contribution in [3.63, 3.8) is 0 Å². The van der Waals surface area contributed by atoms with Crippen LogP contribution in [0.5, 0.6) is 5.75 Å². The molecule has 15 heteroatoms. The van der Waals surface area contributed by atoms with E-state index in [4.69, 9.17) is 9.72 Å². The number of amides is 4. The number of benzene rings is 2. The summed E-state index contributed by atoms with van der Waals surface area (Å²) in [5.41, 5.74) is 9.41. The van der Waals surface area contributed by atoms with Gasteiger partial charge in [-0.3, -0.25) is 34.0 Å². The highest BCUT2D eigenvalue weighted by molar-refractivity contribution is 5.97. The van der Waals surface area contributed by atoms with E-state index >= 15 is 0 Å². The molecule has 0 saturated carbocycles. The molecule has 2 aromatic carbocycles. The van der Waals surface area contributed by atoms with Gasteiger partial charge in [-0.1, -0.05) is 53.7 Å². The Morgan fingerprint density at radius 1 is 0.985 bits per heavy atom. The van der Waals surface area contributed by atoms with Crippen molar-refractivity contribution in [2.45, 2.75) is 130 Å². The molecule has 4 amide bonds. The van der Waals surface area contributed by atoms with E-state index in [1.807, 2.05) is 32.2 Å². The van der Waals surface area contributed by atoms with Gasteiger partial charge in [-0.2, -0.15) is 0 Å². The molecule has 4 fully saturated rings. The number of pyridine rings is 1. The van der Waals surface area contributed by atoms with Crippen LogP contribution in [-0.4, -0.2) is 123 Å². The Hall–Kier alpha value is -5.80. The van der Waals surface area contributed by atoms with Crippen molar-refractivity contribution in [1.82, 2.24) is 40.4 Å². The number of phenolic OH excluding ortho intramolecular Hbond substituents is 1. The van der Waals surface area contributed by atoms with Crippen molar-refractivity contribution in [2.24, 2.45) is 16.7 Å². The Kier molecular flexibility index (Phi) is 12.9. The Bertz CT molecular complexity index is 2640. The van der Waals surface area contributed by atoms with Gasteiger partial charge < -0.3 is 34.8 Å². The highest BCUT2D eigenvalue weighted by atomic mass is 16.5. The van der Waals surface area contributed by atoms with Gasteiger partial charge in [0.25, 0.3) is 5.91 Å². The summed E-state index contributed by atoms with van der Waals surface area (Å²) in [6.07, 6.45) is 5.31. The second-order valence-corrected chi connectivity index (χ2v) is 21.4. The fraction of sp³-hybridized carbons (Fsp3) is 0.547. The van der Waals surface area contributed by atoms with E-state index in [1.165, 1.54) is 5.01 Å². The number of esters is 1. The summed E-state index contributed by atoms with van der Waals surface area (Å²) in [5, 5.41) is 20.0. The van der Waals surface area contributed by atoms with Crippen molar-refractivity contribution >= 4 is 40.5 Å². The van der Waals surface area contributed by atoms with Gasteiger partial charge in [0.1, 0.15) is 23.9 Å². The lowest BCUT2D eigenvalue weighted by atomic mass is 9.78. The molecule has 9 rings (SSSR count). The van der Waals surface area contributed by atoms with Crippen molar-refractivity contribution in [3.05, 3.63) is 71.5 Å². The Morgan fingerprint density at radius 2 is 1.78 bits per heavy atom. The summed E-state index contributed by atoms with van der Waals surface area (Å²) in [4.78, 5) is 79.6. The largest absolute Gasteiger partial charge is 0.508 e. The SMILES string of the molecule is CCn1c(-c2cccnc2C(C)C)c2c3cc(ccc31)-c1cc(O)cc(c1)C[C@H](NC(=O)[C@H](C(C)C)N1CC[C@@]3(CCCN(C(=O)[C@@H]4CN4)C3)C1=O)C(=O)N1CCC[C@H](N1)C(=O)OCC(C)(C)C2. The first-order valence-electron chi connectivity index (χ1n) is 24.8. The lowest BCUT2D eigenvalue weighted by Gasteiger charge is -2.40. The number of ether oxygens (including phenoxy) is 1. The summed E-state index contributed by atoms with van der Waals surface area (Å²) in [5.74, 6) is -1.60. The number of carbonyl (C=O) groups excluding carboxylic acids is 5. The minimum absolute atomic E-state index is 0.0130. The van der Waals surface area contributed by atoms with Crippen LogP contribution in [0.3, 0.4) is 0 Å². The first-order chi connectivity index (χ1) is 32.5. The molecule has 5 aliphatic rings. The van der Waals surface area contributed by atoms with Crippen LogP contribution >= 0.6 is 0 Å². The molecule has 1 spiro atoms. The Balaban J connectivity index is 1.09. The highest BCUT2D eigenvalue weighted by Crippen LogP contribution is 2.44. The molecular formula is C53H68N8O7. The van der Waals surface area contributed by atoms with E-state index in [2.05, 4.69) is 79.5 Å². The number of nitrogens with one attached hydrogen (secondary N) is 3. The van der Waals surface area contributed by atoms with Gasteiger partial charge in [-0.25, -0.2) is 5.43 Å². The maximum absolute atomic E-state index is 14.8. The van der Waals surface area contributed by atoms with E-state index in [0.29, 0.717) is 83.4 Å². The minimum atomic E-state index is -1.14. The normalized spacial score (nSPS) is 24.7. The average Bonchev–Trinajstić information content (AvgIpc) is 4.07. The van der Waals surface area contributed by atoms with E-state index in [9.17, 15) is 29.1 Å². The number of cyclic esters (lactones) is 1. The number of piperidine rings is 1. The van der Waals surface area contributed by atoms with Gasteiger partial charge in [0, 0.05) is 73.8 Å². The topological polar surface area (TPSA) is 188 Å². The van der Waals surface area contributed by atoms with Crippen LogP contribution in [0.15, 0.2) is 54.7 Å². The van der Waals surface area contributed by atoms with Gasteiger partial charge in [0.2, 0.25) is 17.7 Å². The summed E-state index contributed by atoms with van der Waals surface area (Å²) in [6, 6.07) is 12.8. The quantitative estimate of drug-likeness (QED) is 0.126. The molecule has 15 nitrogen and oxygen atoms in total. The van der Waals surface area contributed by atoms with Crippen LogP contribution in [-0.2, 0) is 48.1 Å². The molecule has 2 aromatic heterocycles. The summed E-state index contributed by atoms with van der Waals surface area (Å²) in [7, 11) is 0. The molecule has 0 radical (unpaired) electrons. The molecule has 5 atom stereocenters. The molecule has 0 unspecified atom stereocenters. The number of hydrazine groups is 1. The van der Waals surface area contributed by atoms with E-state index in [0.717, 1.165) is 44.5 Å². The first-order valence-corrected chi connectivity index (χ1v) is 24.8. The van der Waals surface area contributed by atoms with Crippen LogP contribution in [0.25, 0.3) is 33.3 Å². The molecule has 362 valence electrons. The van der Waals surface area contributed by atoms with Crippen molar-refractivity contribution in [3.8, 4) is 28.1 Å². The predicted octanol–water partition coefficient (Wildman–Crippen LogP) is 5.71. The first kappa shape index (κ1) is 47.3. The van der Waals surface area contributed by atoms with Crippen LogP contribution in [0.1, 0.15) is 103 Å². The third kappa shape index (κ3) is 9.11. The number of nitrogens with zero attached hydrogens (tertiary/aromatic N) is 5. The van der Waals surface area contributed by atoms with Crippen LogP contribution in [0.2, 0.25) is 0 Å². The Labute approximate surface area is 399 Å². The molecule has 4 N–H and O–H groups in total. The molecular weight excluding hydrogens is 861 g/mol. The number of rotatable bonds is 8.